The third-order valence-electron chi connectivity index (χ3n) is 2.07. The van der Waals surface area contributed by atoms with E-state index in [0.29, 0.717) is 4.70 Å². The Morgan fingerprint density at radius 3 is 2.71 bits per heavy atom. The molecule has 4 heteroatoms. The molecule has 1 heterocycles. The Morgan fingerprint density at radius 1 is 1.36 bits per heavy atom. The maximum Gasteiger partial charge on any atom is 0.264 e. The molecule has 0 fully saturated rings. The second kappa shape index (κ2) is 3.20. The molecule has 0 aliphatic rings. The SMILES string of the molecule is Cc1cc(C(F)F)c2c(O)csc2c1. The predicted molar refractivity (Wildman–Crippen MR) is 53.2 cm³/mol. The molecule has 1 aromatic heterocycles. The summed E-state index contributed by atoms with van der Waals surface area (Å²) in [6.45, 7) is 1.77. The molecular formula is C10H8F2OS. The van der Waals surface area contributed by atoms with Crippen LogP contribution in [0.25, 0.3) is 10.1 Å². The largest absolute Gasteiger partial charge is 0.506 e. The van der Waals surface area contributed by atoms with Gasteiger partial charge in [-0.2, -0.15) is 0 Å². The maximum atomic E-state index is 12.6. The van der Waals surface area contributed by atoms with E-state index in [1.165, 1.54) is 22.8 Å². The standard InChI is InChI=1S/C10H8F2OS/c1-5-2-6(10(11)12)9-7(13)4-14-8(9)3-5/h2-4,10,13H,1H3. The Labute approximate surface area is 83.6 Å². The molecule has 1 N–H and O–H groups in total. The summed E-state index contributed by atoms with van der Waals surface area (Å²) in [7, 11) is 0. The molecule has 74 valence electrons. The van der Waals surface area contributed by atoms with Crippen molar-refractivity contribution in [2.45, 2.75) is 13.3 Å². The molecule has 0 saturated heterocycles. The number of thiophene rings is 1. The van der Waals surface area contributed by atoms with Gasteiger partial charge in [-0.05, 0) is 24.6 Å². The van der Waals surface area contributed by atoms with Crippen molar-refractivity contribution in [2.24, 2.45) is 0 Å². The van der Waals surface area contributed by atoms with Crippen LogP contribution in [0, 0.1) is 6.92 Å². The lowest BCUT2D eigenvalue weighted by molar-refractivity contribution is 0.153. The minimum Gasteiger partial charge on any atom is -0.506 e. The summed E-state index contributed by atoms with van der Waals surface area (Å²) < 4.78 is 26.0. The summed E-state index contributed by atoms with van der Waals surface area (Å²) in [5, 5.41) is 11.2. The molecule has 0 radical (unpaired) electrons. The lowest BCUT2D eigenvalue weighted by atomic mass is 10.1. The molecular weight excluding hydrogens is 206 g/mol. The van der Waals surface area contributed by atoms with E-state index in [4.69, 9.17) is 0 Å². The number of benzene rings is 1. The Kier molecular flexibility index (Phi) is 2.15. The second-order valence-electron chi connectivity index (χ2n) is 3.15. The molecule has 1 aromatic carbocycles. The molecule has 0 bridgehead atoms. The average molecular weight is 214 g/mol. The van der Waals surface area contributed by atoms with Gasteiger partial charge in [0.25, 0.3) is 6.43 Å². The van der Waals surface area contributed by atoms with Gasteiger partial charge in [0, 0.05) is 21.0 Å². The number of alkyl halides is 2. The number of hydrogen-bond acceptors (Lipinski definition) is 2. The molecule has 1 nitrogen and oxygen atoms in total. The molecule has 0 spiro atoms. The van der Waals surface area contributed by atoms with Gasteiger partial charge in [-0.25, -0.2) is 8.78 Å². The highest BCUT2D eigenvalue weighted by Gasteiger charge is 2.16. The van der Waals surface area contributed by atoms with E-state index in [0.717, 1.165) is 5.56 Å². The lowest BCUT2D eigenvalue weighted by Crippen LogP contribution is -1.86. The number of aryl methyl sites for hydroxylation is 1. The third kappa shape index (κ3) is 1.35. The molecule has 0 atom stereocenters. The normalized spacial score (nSPS) is 11.4. The molecule has 2 aromatic rings. The minimum atomic E-state index is -2.54. The molecule has 0 amide bonds. The fourth-order valence-corrected chi connectivity index (χ4v) is 2.45. The van der Waals surface area contributed by atoms with Crippen LogP contribution >= 0.6 is 11.3 Å². The first-order valence-electron chi connectivity index (χ1n) is 4.08. The van der Waals surface area contributed by atoms with Crippen molar-refractivity contribution in [2.75, 3.05) is 0 Å². The number of fused-ring (bicyclic) bond motifs is 1. The summed E-state index contributed by atoms with van der Waals surface area (Å²) in [5.41, 5.74) is 0.702. The van der Waals surface area contributed by atoms with Crippen LogP contribution in [0.1, 0.15) is 17.6 Å². The van der Waals surface area contributed by atoms with Crippen molar-refractivity contribution in [3.8, 4) is 5.75 Å². The van der Waals surface area contributed by atoms with Crippen LogP contribution < -0.4 is 0 Å². The van der Waals surface area contributed by atoms with Gasteiger partial charge < -0.3 is 5.11 Å². The summed E-state index contributed by atoms with van der Waals surface area (Å²) in [6.07, 6.45) is -2.54. The topological polar surface area (TPSA) is 20.2 Å². The van der Waals surface area contributed by atoms with Gasteiger partial charge in [0.15, 0.2) is 0 Å². The number of hydrogen-bond donors (Lipinski definition) is 1. The highest BCUT2D eigenvalue weighted by molar-refractivity contribution is 7.17. The van der Waals surface area contributed by atoms with Crippen molar-refractivity contribution >= 4 is 21.4 Å². The summed E-state index contributed by atoms with van der Waals surface area (Å²) in [4.78, 5) is 0. The van der Waals surface area contributed by atoms with Gasteiger partial charge in [-0.3, -0.25) is 0 Å². The van der Waals surface area contributed by atoms with Gasteiger partial charge in [0.2, 0.25) is 0 Å². The van der Waals surface area contributed by atoms with Crippen molar-refractivity contribution in [3.63, 3.8) is 0 Å². The molecule has 0 saturated carbocycles. The third-order valence-corrected chi connectivity index (χ3v) is 2.98. The number of rotatable bonds is 1. The van der Waals surface area contributed by atoms with E-state index in [9.17, 15) is 13.9 Å². The van der Waals surface area contributed by atoms with E-state index in [1.54, 1.807) is 13.0 Å². The van der Waals surface area contributed by atoms with E-state index in [2.05, 4.69) is 0 Å². The highest BCUT2D eigenvalue weighted by atomic mass is 32.1. The van der Waals surface area contributed by atoms with Crippen molar-refractivity contribution in [1.82, 2.24) is 0 Å². The van der Waals surface area contributed by atoms with E-state index >= 15 is 0 Å². The average Bonchev–Trinajstić information content (AvgIpc) is 2.46. The fraction of sp³-hybridized carbons (Fsp3) is 0.200. The van der Waals surface area contributed by atoms with Crippen LogP contribution in [-0.4, -0.2) is 5.11 Å². The van der Waals surface area contributed by atoms with Gasteiger partial charge >= 0.3 is 0 Å². The molecule has 0 aliphatic heterocycles. The molecule has 2 rings (SSSR count). The zero-order valence-corrected chi connectivity index (χ0v) is 8.24. The first kappa shape index (κ1) is 9.40. The summed E-state index contributed by atoms with van der Waals surface area (Å²) >= 11 is 1.28. The number of halogens is 2. The quantitative estimate of drug-likeness (QED) is 0.764. The summed E-state index contributed by atoms with van der Waals surface area (Å²) in [6, 6.07) is 3.21. The van der Waals surface area contributed by atoms with Gasteiger partial charge in [-0.1, -0.05) is 0 Å². The van der Waals surface area contributed by atoms with Crippen molar-refractivity contribution in [1.29, 1.82) is 0 Å². The summed E-state index contributed by atoms with van der Waals surface area (Å²) in [5.74, 6) is -0.0553. The monoisotopic (exact) mass is 214 g/mol. The Morgan fingerprint density at radius 2 is 2.07 bits per heavy atom. The van der Waals surface area contributed by atoms with Gasteiger partial charge in [0.05, 0.1) is 0 Å². The smallest absolute Gasteiger partial charge is 0.264 e. The maximum absolute atomic E-state index is 12.6. The van der Waals surface area contributed by atoms with Crippen LogP contribution in [0.3, 0.4) is 0 Å². The zero-order chi connectivity index (χ0) is 10.3. The van der Waals surface area contributed by atoms with Gasteiger partial charge in [0.1, 0.15) is 5.75 Å². The van der Waals surface area contributed by atoms with E-state index < -0.39 is 6.43 Å². The first-order chi connectivity index (χ1) is 6.59. The van der Waals surface area contributed by atoms with E-state index in [1.807, 2.05) is 0 Å². The zero-order valence-electron chi connectivity index (χ0n) is 7.42. The Balaban J connectivity index is 2.83. The van der Waals surface area contributed by atoms with Crippen molar-refractivity contribution in [3.05, 3.63) is 28.6 Å². The Bertz CT molecular complexity index is 476. The predicted octanol–water partition coefficient (Wildman–Crippen LogP) is 3.85. The fourth-order valence-electron chi connectivity index (χ4n) is 1.50. The van der Waals surface area contributed by atoms with Crippen molar-refractivity contribution < 1.29 is 13.9 Å². The lowest BCUT2D eigenvalue weighted by Gasteiger charge is -2.04. The van der Waals surface area contributed by atoms with Crippen LogP contribution in [0.15, 0.2) is 17.5 Å². The van der Waals surface area contributed by atoms with E-state index in [-0.39, 0.29) is 16.7 Å². The van der Waals surface area contributed by atoms with Crippen LogP contribution in [0.4, 0.5) is 8.78 Å². The molecule has 14 heavy (non-hydrogen) atoms. The van der Waals surface area contributed by atoms with Crippen LogP contribution in [0.5, 0.6) is 5.75 Å². The van der Waals surface area contributed by atoms with Crippen LogP contribution in [-0.2, 0) is 0 Å². The molecule has 0 unspecified atom stereocenters. The van der Waals surface area contributed by atoms with Gasteiger partial charge in [-0.15, -0.1) is 11.3 Å². The minimum absolute atomic E-state index is 0.0553. The van der Waals surface area contributed by atoms with Crippen LogP contribution in [0.2, 0.25) is 0 Å². The second-order valence-corrected chi connectivity index (χ2v) is 4.06. The first-order valence-corrected chi connectivity index (χ1v) is 4.96. The highest BCUT2D eigenvalue weighted by Crippen LogP contribution is 2.38. The Hall–Kier alpha value is -1.16. The molecule has 0 aliphatic carbocycles. The number of aromatic hydroxyl groups is 1.